The normalized spacial score (nSPS) is 15.5. The predicted molar refractivity (Wildman–Crippen MR) is 129 cm³/mol. The molecule has 0 aromatic heterocycles. The van der Waals surface area contributed by atoms with E-state index in [1.807, 2.05) is 67.3 Å². The molecule has 1 atom stereocenters. The van der Waals surface area contributed by atoms with Crippen LogP contribution in [0.15, 0.2) is 72.8 Å². The van der Waals surface area contributed by atoms with Crippen LogP contribution in [0.25, 0.3) is 0 Å². The molecule has 4 nitrogen and oxygen atoms in total. The lowest BCUT2D eigenvalue weighted by atomic mass is 9.85. The molecule has 1 heterocycles. The van der Waals surface area contributed by atoms with Gasteiger partial charge in [-0.2, -0.15) is 0 Å². The first-order valence-corrected chi connectivity index (χ1v) is 11.4. The molecule has 1 N–H and O–H groups in total. The van der Waals surface area contributed by atoms with E-state index in [1.54, 1.807) is 0 Å². The Bertz CT molecular complexity index is 1040. The number of rotatable bonds is 6. The van der Waals surface area contributed by atoms with Crippen LogP contribution in [-0.2, 0) is 11.3 Å². The fourth-order valence-corrected chi connectivity index (χ4v) is 4.50. The highest BCUT2D eigenvalue weighted by Crippen LogP contribution is 2.37. The van der Waals surface area contributed by atoms with E-state index in [4.69, 9.17) is 0 Å². The Kier molecular flexibility index (Phi) is 6.91. The van der Waals surface area contributed by atoms with Crippen LogP contribution in [0, 0.1) is 13.8 Å². The second-order valence-corrected chi connectivity index (χ2v) is 8.76. The van der Waals surface area contributed by atoms with Crippen LogP contribution in [-0.4, -0.2) is 47.0 Å². The Hall–Kier alpha value is -3.11. The van der Waals surface area contributed by atoms with Gasteiger partial charge in [-0.1, -0.05) is 72.8 Å². The summed E-state index contributed by atoms with van der Waals surface area (Å²) in [7, 11) is 0. The van der Waals surface area contributed by atoms with Crippen LogP contribution < -0.4 is 0 Å². The molecule has 0 unspecified atom stereocenters. The minimum Gasteiger partial charge on any atom is -0.507 e. The zero-order valence-corrected chi connectivity index (χ0v) is 19.0. The number of hydrogen-bond acceptors (Lipinski definition) is 3. The summed E-state index contributed by atoms with van der Waals surface area (Å²) in [5.41, 5.74) is 5.13. The van der Waals surface area contributed by atoms with Crippen molar-refractivity contribution in [1.29, 1.82) is 0 Å². The molecule has 1 fully saturated rings. The zero-order chi connectivity index (χ0) is 22.5. The maximum Gasteiger partial charge on any atom is 0.223 e. The predicted octanol–water partition coefficient (Wildman–Crippen LogP) is 4.88. The second kappa shape index (κ2) is 10.0. The molecule has 0 radical (unpaired) electrons. The SMILES string of the molecule is Cc1ccc([C@@H](CC(=O)N2CCN(Cc3ccccc3)CC2)c2ccccc2)c(O)c1C. The molecule has 4 rings (SSSR count). The first-order chi connectivity index (χ1) is 15.5. The molecule has 1 saturated heterocycles. The number of piperazine rings is 1. The lowest BCUT2D eigenvalue weighted by Crippen LogP contribution is -2.48. The summed E-state index contributed by atoms with van der Waals surface area (Å²) >= 11 is 0. The van der Waals surface area contributed by atoms with Crippen LogP contribution in [0.4, 0.5) is 0 Å². The maximum atomic E-state index is 13.3. The van der Waals surface area contributed by atoms with Crippen molar-refractivity contribution in [3.05, 3.63) is 101 Å². The number of hydrogen-bond donors (Lipinski definition) is 1. The molecule has 3 aromatic carbocycles. The molecular formula is C28H32N2O2. The summed E-state index contributed by atoms with van der Waals surface area (Å²) in [6.07, 6.45) is 0.360. The fourth-order valence-electron chi connectivity index (χ4n) is 4.50. The van der Waals surface area contributed by atoms with Gasteiger partial charge in [0.15, 0.2) is 0 Å². The Labute approximate surface area is 191 Å². The highest BCUT2D eigenvalue weighted by Gasteiger charge is 2.27. The third kappa shape index (κ3) is 5.03. The van der Waals surface area contributed by atoms with Gasteiger partial charge in [0.05, 0.1) is 0 Å². The number of benzene rings is 3. The third-order valence-electron chi connectivity index (χ3n) is 6.66. The van der Waals surface area contributed by atoms with Crippen LogP contribution >= 0.6 is 0 Å². The average Bonchev–Trinajstić information content (AvgIpc) is 2.83. The van der Waals surface area contributed by atoms with Crippen molar-refractivity contribution >= 4 is 5.91 Å². The summed E-state index contributed by atoms with van der Waals surface area (Å²) in [6.45, 7) is 8.10. The number of phenols is 1. The summed E-state index contributed by atoms with van der Waals surface area (Å²) in [4.78, 5) is 17.7. The first kappa shape index (κ1) is 22.1. The van der Waals surface area contributed by atoms with Gasteiger partial charge in [-0.25, -0.2) is 0 Å². The molecule has 1 aliphatic rings. The lowest BCUT2D eigenvalue weighted by molar-refractivity contribution is -0.133. The maximum absolute atomic E-state index is 13.3. The van der Waals surface area contributed by atoms with Crippen molar-refractivity contribution in [1.82, 2.24) is 9.80 Å². The topological polar surface area (TPSA) is 43.8 Å². The zero-order valence-electron chi connectivity index (χ0n) is 19.0. The molecule has 0 saturated carbocycles. The van der Waals surface area contributed by atoms with E-state index in [9.17, 15) is 9.90 Å². The second-order valence-electron chi connectivity index (χ2n) is 8.76. The summed E-state index contributed by atoms with van der Waals surface area (Å²) in [5, 5.41) is 10.9. The van der Waals surface area contributed by atoms with Crippen molar-refractivity contribution in [3.63, 3.8) is 0 Å². The van der Waals surface area contributed by atoms with Crippen molar-refractivity contribution < 1.29 is 9.90 Å². The lowest BCUT2D eigenvalue weighted by Gasteiger charge is -2.35. The number of carbonyl (C=O) groups excluding carboxylic acids is 1. The minimum absolute atomic E-state index is 0.149. The number of phenolic OH excluding ortho intramolecular Hbond substituents is 1. The molecule has 1 aliphatic heterocycles. The van der Waals surface area contributed by atoms with E-state index in [-0.39, 0.29) is 11.8 Å². The number of aromatic hydroxyl groups is 1. The van der Waals surface area contributed by atoms with Gasteiger partial charge in [-0.15, -0.1) is 0 Å². The van der Waals surface area contributed by atoms with Gasteiger partial charge in [0.1, 0.15) is 5.75 Å². The van der Waals surface area contributed by atoms with Crippen molar-refractivity contribution in [2.24, 2.45) is 0 Å². The van der Waals surface area contributed by atoms with Gasteiger partial charge in [-0.3, -0.25) is 9.69 Å². The van der Waals surface area contributed by atoms with E-state index in [2.05, 4.69) is 29.2 Å². The molecule has 166 valence electrons. The van der Waals surface area contributed by atoms with Gasteiger partial charge in [-0.05, 0) is 36.1 Å². The van der Waals surface area contributed by atoms with Gasteiger partial charge in [0.25, 0.3) is 0 Å². The Morgan fingerprint density at radius 2 is 1.50 bits per heavy atom. The summed E-state index contributed by atoms with van der Waals surface area (Å²) in [5.74, 6) is 0.292. The highest BCUT2D eigenvalue weighted by molar-refractivity contribution is 5.78. The van der Waals surface area contributed by atoms with E-state index in [0.29, 0.717) is 12.2 Å². The van der Waals surface area contributed by atoms with Crippen molar-refractivity contribution in [2.75, 3.05) is 26.2 Å². The Morgan fingerprint density at radius 3 is 2.16 bits per heavy atom. The van der Waals surface area contributed by atoms with Crippen LogP contribution in [0.5, 0.6) is 5.75 Å². The van der Waals surface area contributed by atoms with E-state index >= 15 is 0 Å². The minimum atomic E-state index is -0.162. The largest absolute Gasteiger partial charge is 0.507 e. The quantitative estimate of drug-likeness (QED) is 0.609. The number of amides is 1. The number of carbonyl (C=O) groups is 1. The monoisotopic (exact) mass is 428 g/mol. The molecule has 0 aliphatic carbocycles. The molecular weight excluding hydrogens is 396 g/mol. The van der Waals surface area contributed by atoms with Gasteiger partial charge < -0.3 is 10.0 Å². The smallest absolute Gasteiger partial charge is 0.223 e. The standard InChI is InChI=1S/C28H32N2O2/c1-21-13-14-25(28(32)22(21)2)26(24-11-7-4-8-12-24)19-27(31)30-17-15-29(16-18-30)20-23-9-5-3-6-10-23/h3-14,26,32H,15-20H2,1-2H3/t26-/m0/s1. The fraction of sp³-hybridized carbons (Fsp3) is 0.321. The third-order valence-corrected chi connectivity index (χ3v) is 6.66. The van der Waals surface area contributed by atoms with Crippen molar-refractivity contribution in [2.45, 2.75) is 32.7 Å². The summed E-state index contributed by atoms with van der Waals surface area (Å²) < 4.78 is 0. The molecule has 4 heteroatoms. The molecule has 1 amide bonds. The molecule has 3 aromatic rings. The van der Waals surface area contributed by atoms with Gasteiger partial charge in [0, 0.05) is 50.6 Å². The summed E-state index contributed by atoms with van der Waals surface area (Å²) in [6, 6.07) is 24.5. The van der Waals surface area contributed by atoms with E-state index in [0.717, 1.165) is 55.0 Å². The van der Waals surface area contributed by atoms with E-state index < -0.39 is 0 Å². The number of nitrogens with zero attached hydrogens (tertiary/aromatic N) is 2. The average molecular weight is 429 g/mol. The van der Waals surface area contributed by atoms with Crippen LogP contribution in [0.3, 0.4) is 0 Å². The molecule has 0 spiro atoms. The first-order valence-electron chi connectivity index (χ1n) is 11.4. The Balaban J connectivity index is 1.46. The van der Waals surface area contributed by atoms with Gasteiger partial charge in [0.2, 0.25) is 5.91 Å². The van der Waals surface area contributed by atoms with Crippen LogP contribution in [0.1, 0.15) is 40.2 Å². The van der Waals surface area contributed by atoms with E-state index in [1.165, 1.54) is 5.56 Å². The molecule has 0 bridgehead atoms. The Morgan fingerprint density at radius 1 is 0.875 bits per heavy atom. The van der Waals surface area contributed by atoms with Crippen molar-refractivity contribution in [3.8, 4) is 5.75 Å². The molecule has 32 heavy (non-hydrogen) atoms. The number of aryl methyl sites for hydroxylation is 1. The van der Waals surface area contributed by atoms with Gasteiger partial charge >= 0.3 is 0 Å². The van der Waals surface area contributed by atoms with Crippen LogP contribution in [0.2, 0.25) is 0 Å². The highest BCUT2D eigenvalue weighted by atomic mass is 16.3.